The highest BCUT2D eigenvalue weighted by Gasteiger charge is 2.36. The number of carbonyl (C=O) groups excluding carboxylic acids is 1. The minimum absolute atomic E-state index is 0.00157. The van der Waals surface area contributed by atoms with Gasteiger partial charge in [-0.25, -0.2) is 0 Å². The number of thiophene rings is 1. The van der Waals surface area contributed by atoms with E-state index in [9.17, 15) is 4.79 Å². The molecule has 3 heterocycles. The second-order valence-corrected chi connectivity index (χ2v) is 7.43. The van der Waals surface area contributed by atoms with Crippen molar-refractivity contribution >= 4 is 50.8 Å². The standard InChI is InChI=1S/C11H9BrN2O2S2/c1-6-4-9(13-16-6)14-10(15)5-17-11(14)7-2-3-8(12)18-7/h2-4,11H,5H2,1H3/t11-/m0/s1. The molecule has 0 radical (unpaired) electrons. The van der Waals surface area contributed by atoms with Crippen LogP contribution in [0, 0.1) is 6.92 Å². The summed E-state index contributed by atoms with van der Waals surface area (Å²) < 4.78 is 6.12. The van der Waals surface area contributed by atoms with Gasteiger partial charge in [0.25, 0.3) is 0 Å². The number of carbonyl (C=O) groups is 1. The summed E-state index contributed by atoms with van der Waals surface area (Å²) in [7, 11) is 0. The first-order chi connectivity index (χ1) is 8.65. The number of amides is 1. The van der Waals surface area contributed by atoms with Gasteiger partial charge in [0.05, 0.1) is 9.54 Å². The number of nitrogens with zero attached hydrogens (tertiary/aromatic N) is 2. The quantitative estimate of drug-likeness (QED) is 0.835. The van der Waals surface area contributed by atoms with Gasteiger partial charge in [0.15, 0.2) is 5.82 Å². The SMILES string of the molecule is Cc1cc(N2C(=O)CS[C@H]2c2ccc(Br)s2)no1. The smallest absolute Gasteiger partial charge is 0.239 e. The van der Waals surface area contributed by atoms with E-state index in [1.54, 1.807) is 34.1 Å². The fraction of sp³-hybridized carbons (Fsp3) is 0.273. The van der Waals surface area contributed by atoms with Crippen molar-refractivity contribution in [3.8, 4) is 0 Å². The van der Waals surface area contributed by atoms with Gasteiger partial charge in [0.2, 0.25) is 5.91 Å². The van der Waals surface area contributed by atoms with Crippen LogP contribution in [0.5, 0.6) is 0 Å². The molecular weight excluding hydrogens is 336 g/mol. The molecule has 94 valence electrons. The van der Waals surface area contributed by atoms with Crippen molar-refractivity contribution in [3.05, 3.63) is 32.6 Å². The van der Waals surface area contributed by atoms with Crippen LogP contribution < -0.4 is 4.90 Å². The number of hydrogen-bond acceptors (Lipinski definition) is 5. The third-order valence-electron chi connectivity index (χ3n) is 2.57. The van der Waals surface area contributed by atoms with Crippen LogP contribution in [0.15, 0.2) is 26.5 Å². The molecule has 0 spiro atoms. The Balaban J connectivity index is 1.97. The van der Waals surface area contributed by atoms with E-state index in [4.69, 9.17) is 4.52 Å². The summed E-state index contributed by atoms with van der Waals surface area (Å²) in [6.45, 7) is 1.82. The van der Waals surface area contributed by atoms with Crippen molar-refractivity contribution in [1.82, 2.24) is 5.16 Å². The van der Waals surface area contributed by atoms with Crippen LogP contribution in [-0.4, -0.2) is 16.8 Å². The molecule has 0 aromatic carbocycles. The molecule has 1 amide bonds. The molecule has 0 aliphatic carbocycles. The summed E-state index contributed by atoms with van der Waals surface area (Å²) >= 11 is 6.70. The zero-order chi connectivity index (χ0) is 12.7. The van der Waals surface area contributed by atoms with Crippen molar-refractivity contribution in [2.24, 2.45) is 0 Å². The first-order valence-electron chi connectivity index (χ1n) is 5.27. The number of aromatic nitrogens is 1. The average Bonchev–Trinajstić information content (AvgIpc) is 2.99. The summed E-state index contributed by atoms with van der Waals surface area (Å²) in [6, 6.07) is 5.82. The fourth-order valence-electron chi connectivity index (χ4n) is 1.81. The van der Waals surface area contributed by atoms with Crippen LogP contribution in [0.2, 0.25) is 0 Å². The zero-order valence-electron chi connectivity index (χ0n) is 9.42. The van der Waals surface area contributed by atoms with Crippen molar-refractivity contribution in [3.63, 3.8) is 0 Å². The molecule has 1 aliphatic rings. The first kappa shape index (κ1) is 12.3. The van der Waals surface area contributed by atoms with Crippen molar-refractivity contribution in [2.75, 3.05) is 10.7 Å². The van der Waals surface area contributed by atoms with Gasteiger partial charge in [-0.2, -0.15) is 0 Å². The predicted octanol–water partition coefficient (Wildman–Crippen LogP) is 3.59. The third-order valence-corrected chi connectivity index (χ3v) is 5.59. The van der Waals surface area contributed by atoms with Crippen LogP contribution in [-0.2, 0) is 4.79 Å². The topological polar surface area (TPSA) is 46.3 Å². The number of rotatable bonds is 2. The fourth-order valence-corrected chi connectivity index (χ4v) is 4.61. The van der Waals surface area contributed by atoms with Gasteiger partial charge in [-0.3, -0.25) is 9.69 Å². The Morgan fingerprint density at radius 2 is 2.39 bits per heavy atom. The molecular formula is C11H9BrN2O2S2. The molecule has 2 aromatic rings. The number of anilines is 1. The average molecular weight is 345 g/mol. The number of aryl methyl sites for hydroxylation is 1. The van der Waals surface area contributed by atoms with Crippen LogP contribution in [0.4, 0.5) is 5.82 Å². The Hall–Kier alpha value is -0.790. The summed E-state index contributed by atoms with van der Waals surface area (Å²) in [5, 5.41) is 3.94. The van der Waals surface area contributed by atoms with E-state index in [2.05, 4.69) is 21.1 Å². The second-order valence-electron chi connectivity index (χ2n) is 3.86. The van der Waals surface area contributed by atoms with Gasteiger partial charge >= 0.3 is 0 Å². The lowest BCUT2D eigenvalue weighted by molar-refractivity contribution is -0.115. The molecule has 0 unspecified atom stereocenters. The van der Waals surface area contributed by atoms with E-state index >= 15 is 0 Å². The Labute approximate surface area is 120 Å². The molecule has 18 heavy (non-hydrogen) atoms. The normalized spacial score (nSPS) is 19.8. The highest BCUT2D eigenvalue weighted by atomic mass is 79.9. The predicted molar refractivity (Wildman–Crippen MR) is 75.9 cm³/mol. The molecule has 3 rings (SSSR count). The van der Waals surface area contributed by atoms with E-state index in [1.807, 2.05) is 19.1 Å². The maximum absolute atomic E-state index is 12.0. The van der Waals surface area contributed by atoms with Gasteiger partial charge in [-0.1, -0.05) is 5.16 Å². The maximum atomic E-state index is 12.0. The van der Waals surface area contributed by atoms with Crippen molar-refractivity contribution in [1.29, 1.82) is 0 Å². The lowest BCUT2D eigenvalue weighted by Gasteiger charge is -2.19. The minimum atomic E-state index is -0.00157. The minimum Gasteiger partial charge on any atom is -0.360 e. The molecule has 4 nitrogen and oxygen atoms in total. The molecule has 0 bridgehead atoms. The number of halogens is 1. The summed E-state index contributed by atoms with van der Waals surface area (Å²) in [5.74, 6) is 1.85. The maximum Gasteiger partial charge on any atom is 0.239 e. The summed E-state index contributed by atoms with van der Waals surface area (Å²) in [4.78, 5) is 14.8. The largest absolute Gasteiger partial charge is 0.360 e. The van der Waals surface area contributed by atoms with E-state index in [1.165, 1.54) is 0 Å². The Morgan fingerprint density at radius 3 is 3.00 bits per heavy atom. The van der Waals surface area contributed by atoms with Crippen molar-refractivity contribution in [2.45, 2.75) is 12.3 Å². The molecule has 7 heteroatoms. The van der Waals surface area contributed by atoms with E-state index in [0.29, 0.717) is 17.3 Å². The van der Waals surface area contributed by atoms with E-state index in [-0.39, 0.29) is 11.3 Å². The molecule has 1 saturated heterocycles. The lowest BCUT2D eigenvalue weighted by atomic mass is 10.3. The van der Waals surface area contributed by atoms with Crippen molar-refractivity contribution < 1.29 is 9.32 Å². The Kier molecular flexibility index (Phi) is 3.21. The molecule has 1 fully saturated rings. The van der Waals surface area contributed by atoms with Gasteiger partial charge < -0.3 is 4.52 Å². The zero-order valence-corrected chi connectivity index (χ0v) is 12.6. The lowest BCUT2D eigenvalue weighted by Crippen LogP contribution is -2.27. The van der Waals surface area contributed by atoms with E-state index in [0.717, 1.165) is 8.66 Å². The first-order valence-corrected chi connectivity index (χ1v) is 7.93. The second kappa shape index (κ2) is 4.71. The van der Waals surface area contributed by atoms with E-state index < -0.39 is 0 Å². The van der Waals surface area contributed by atoms with Crippen LogP contribution in [0.1, 0.15) is 16.0 Å². The number of hydrogen-bond donors (Lipinski definition) is 0. The summed E-state index contributed by atoms with van der Waals surface area (Å²) in [5.41, 5.74) is 0. The third kappa shape index (κ3) is 2.10. The Morgan fingerprint density at radius 1 is 1.56 bits per heavy atom. The molecule has 1 atom stereocenters. The summed E-state index contributed by atoms with van der Waals surface area (Å²) in [6.07, 6.45) is 0. The van der Waals surface area contributed by atoms with Gasteiger partial charge in [0.1, 0.15) is 11.1 Å². The monoisotopic (exact) mass is 344 g/mol. The van der Waals surface area contributed by atoms with Crippen LogP contribution in [0.3, 0.4) is 0 Å². The highest BCUT2D eigenvalue weighted by Crippen LogP contribution is 2.44. The van der Waals surface area contributed by atoms with Gasteiger partial charge in [-0.15, -0.1) is 23.1 Å². The number of thioether (sulfide) groups is 1. The Bertz CT molecular complexity index is 595. The van der Waals surface area contributed by atoms with Crippen LogP contribution in [0.25, 0.3) is 0 Å². The molecule has 2 aromatic heterocycles. The highest BCUT2D eigenvalue weighted by molar-refractivity contribution is 9.11. The van der Waals surface area contributed by atoms with Gasteiger partial charge in [0, 0.05) is 10.9 Å². The molecule has 0 saturated carbocycles. The molecule has 1 aliphatic heterocycles. The van der Waals surface area contributed by atoms with Crippen LogP contribution >= 0.6 is 39.0 Å². The molecule has 0 N–H and O–H groups in total. The van der Waals surface area contributed by atoms with Gasteiger partial charge in [-0.05, 0) is 35.0 Å².